The zero-order chi connectivity index (χ0) is 17.6. The number of rotatable bonds is 6. The maximum absolute atomic E-state index is 12.2. The van der Waals surface area contributed by atoms with Gasteiger partial charge in [-0.15, -0.1) is 0 Å². The topological polar surface area (TPSA) is 75.4 Å². The maximum atomic E-state index is 12.2. The van der Waals surface area contributed by atoms with E-state index in [9.17, 15) is 4.79 Å². The molecule has 0 spiro atoms. The second-order valence-corrected chi connectivity index (χ2v) is 5.85. The zero-order valence-electron chi connectivity index (χ0n) is 14.0. The summed E-state index contributed by atoms with van der Waals surface area (Å²) in [4.78, 5) is 18.1. The summed E-state index contributed by atoms with van der Waals surface area (Å²) in [7, 11) is 1.63. The Labute approximate surface area is 146 Å². The van der Waals surface area contributed by atoms with Gasteiger partial charge in [-0.1, -0.05) is 12.1 Å². The number of hydrogen-bond donors (Lipinski definition) is 0. The normalized spacial score (nSPS) is 13.7. The highest BCUT2D eigenvalue weighted by Gasteiger charge is 2.32. The average molecular weight is 337 g/mol. The van der Waals surface area contributed by atoms with Crippen LogP contribution in [-0.2, 0) is 11.2 Å². The number of ether oxygens (including phenoxy) is 2. The van der Waals surface area contributed by atoms with Gasteiger partial charge in [-0.05, 0) is 36.2 Å². The van der Waals surface area contributed by atoms with E-state index >= 15 is 0 Å². The highest BCUT2D eigenvalue weighted by Crippen LogP contribution is 2.20. The monoisotopic (exact) mass is 337 g/mol. The Bertz CT molecular complexity index is 777. The van der Waals surface area contributed by atoms with Gasteiger partial charge in [-0.2, -0.15) is 5.26 Å². The summed E-state index contributed by atoms with van der Waals surface area (Å²) in [5.41, 5.74) is 1.52. The molecule has 0 N–H and O–H groups in total. The number of aryl methyl sites for hydroxylation is 1. The van der Waals surface area contributed by atoms with Crippen LogP contribution in [0.15, 0.2) is 42.6 Å². The lowest BCUT2D eigenvalue weighted by Gasteiger charge is -2.38. The molecule has 0 bridgehead atoms. The summed E-state index contributed by atoms with van der Waals surface area (Å²) in [6, 6.07) is 13.1. The van der Waals surface area contributed by atoms with Gasteiger partial charge in [0.2, 0.25) is 11.8 Å². The van der Waals surface area contributed by atoms with Gasteiger partial charge in [0.1, 0.15) is 23.5 Å². The number of carbonyl (C=O) groups excluding carboxylic acids is 1. The van der Waals surface area contributed by atoms with E-state index in [0.717, 1.165) is 11.3 Å². The van der Waals surface area contributed by atoms with Crippen LogP contribution in [0.4, 0.5) is 0 Å². The van der Waals surface area contributed by atoms with Crippen LogP contribution in [0, 0.1) is 11.3 Å². The number of methoxy groups -OCH3 is 1. The van der Waals surface area contributed by atoms with E-state index < -0.39 is 0 Å². The van der Waals surface area contributed by atoms with Gasteiger partial charge in [0.15, 0.2) is 0 Å². The smallest absolute Gasteiger partial charge is 0.232 e. The van der Waals surface area contributed by atoms with Crippen LogP contribution >= 0.6 is 0 Å². The lowest BCUT2D eigenvalue weighted by atomic mass is 10.1. The summed E-state index contributed by atoms with van der Waals surface area (Å²) in [5, 5.41) is 9.03. The van der Waals surface area contributed by atoms with Crippen LogP contribution in [0.3, 0.4) is 0 Å². The van der Waals surface area contributed by atoms with Gasteiger partial charge in [0.05, 0.1) is 20.2 Å². The quantitative estimate of drug-likeness (QED) is 0.807. The van der Waals surface area contributed by atoms with Crippen LogP contribution in [0.5, 0.6) is 11.6 Å². The lowest BCUT2D eigenvalue weighted by Crippen LogP contribution is -2.56. The Morgan fingerprint density at radius 3 is 2.76 bits per heavy atom. The van der Waals surface area contributed by atoms with Crippen molar-refractivity contribution < 1.29 is 14.3 Å². The summed E-state index contributed by atoms with van der Waals surface area (Å²) in [6.07, 6.45) is 2.65. The summed E-state index contributed by atoms with van der Waals surface area (Å²) < 4.78 is 10.8. The molecular formula is C19H19N3O3. The molecule has 1 aliphatic heterocycles. The molecule has 3 rings (SSSR count). The molecule has 25 heavy (non-hydrogen) atoms. The molecule has 0 atom stereocenters. The number of hydrogen-bond acceptors (Lipinski definition) is 5. The molecule has 1 aromatic heterocycles. The highest BCUT2D eigenvalue weighted by atomic mass is 16.5. The third-order valence-electron chi connectivity index (χ3n) is 4.16. The fourth-order valence-corrected chi connectivity index (χ4v) is 2.65. The minimum atomic E-state index is -0.105. The van der Waals surface area contributed by atoms with Gasteiger partial charge in [0.25, 0.3) is 0 Å². The predicted molar refractivity (Wildman–Crippen MR) is 91.3 cm³/mol. The first-order chi connectivity index (χ1) is 12.2. The molecule has 0 unspecified atom stereocenters. The van der Waals surface area contributed by atoms with E-state index in [4.69, 9.17) is 14.7 Å². The molecule has 0 radical (unpaired) electrons. The first kappa shape index (κ1) is 16.8. The van der Waals surface area contributed by atoms with Gasteiger partial charge >= 0.3 is 0 Å². The maximum Gasteiger partial charge on any atom is 0.232 e. The summed E-state index contributed by atoms with van der Waals surface area (Å²) in [6.45, 7) is 1.06. The molecule has 1 amide bonds. The Balaban J connectivity index is 1.44. The molecule has 2 heterocycles. The van der Waals surface area contributed by atoms with E-state index in [0.29, 0.717) is 37.4 Å². The van der Waals surface area contributed by atoms with Crippen LogP contribution in [0.1, 0.15) is 17.5 Å². The Hall–Kier alpha value is -3.07. The molecule has 1 fully saturated rings. The molecule has 1 saturated heterocycles. The van der Waals surface area contributed by atoms with E-state index in [1.807, 2.05) is 24.3 Å². The third-order valence-corrected chi connectivity index (χ3v) is 4.16. The van der Waals surface area contributed by atoms with E-state index in [1.165, 1.54) is 0 Å². The number of nitriles is 1. The number of carbonyl (C=O) groups is 1. The Morgan fingerprint density at radius 1 is 1.32 bits per heavy atom. The standard InChI is InChI=1S/C19H19N3O3/c1-24-16-7-4-14(5-8-16)6-9-18(23)22-12-17(13-22)25-19-15(11-20)3-2-10-21-19/h2-5,7-8,10,17H,6,9,12-13H2,1H3. The highest BCUT2D eigenvalue weighted by molar-refractivity contribution is 5.77. The second-order valence-electron chi connectivity index (χ2n) is 5.85. The molecule has 0 aliphatic carbocycles. The first-order valence-electron chi connectivity index (χ1n) is 8.12. The van der Waals surface area contributed by atoms with Crippen LogP contribution in [0.25, 0.3) is 0 Å². The number of aromatic nitrogens is 1. The summed E-state index contributed by atoms with van der Waals surface area (Å²) >= 11 is 0. The number of amides is 1. The lowest BCUT2D eigenvalue weighted by molar-refractivity contribution is -0.140. The fourth-order valence-electron chi connectivity index (χ4n) is 2.65. The van der Waals surface area contributed by atoms with Crippen molar-refractivity contribution in [3.63, 3.8) is 0 Å². The van der Waals surface area contributed by atoms with Crippen molar-refractivity contribution in [1.29, 1.82) is 5.26 Å². The van der Waals surface area contributed by atoms with Crippen molar-refractivity contribution in [3.05, 3.63) is 53.7 Å². The molecule has 128 valence electrons. The molecule has 6 heteroatoms. The molecular weight excluding hydrogens is 318 g/mol. The number of nitrogens with zero attached hydrogens (tertiary/aromatic N) is 3. The SMILES string of the molecule is COc1ccc(CCC(=O)N2CC(Oc3ncccc3C#N)C2)cc1. The largest absolute Gasteiger partial charge is 0.497 e. The van der Waals surface area contributed by atoms with Crippen LogP contribution in [0.2, 0.25) is 0 Å². The first-order valence-corrected chi connectivity index (χ1v) is 8.12. The number of benzene rings is 1. The second kappa shape index (κ2) is 7.67. The average Bonchev–Trinajstić information content (AvgIpc) is 2.63. The Kier molecular flexibility index (Phi) is 5.14. The number of pyridine rings is 1. The summed E-state index contributed by atoms with van der Waals surface area (Å²) in [5.74, 6) is 1.25. The fraction of sp³-hybridized carbons (Fsp3) is 0.316. The molecule has 6 nitrogen and oxygen atoms in total. The van der Waals surface area contributed by atoms with Crippen molar-refractivity contribution in [2.45, 2.75) is 18.9 Å². The zero-order valence-corrected chi connectivity index (χ0v) is 14.0. The molecule has 1 aliphatic rings. The van der Waals surface area contributed by atoms with Crippen molar-refractivity contribution in [2.24, 2.45) is 0 Å². The van der Waals surface area contributed by atoms with Gasteiger partial charge in [-0.25, -0.2) is 4.98 Å². The van der Waals surface area contributed by atoms with Gasteiger partial charge in [0, 0.05) is 12.6 Å². The minimum absolute atomic E-state index is 0.105. The van der Waals surface area contributed by atoms with E-state index in [-0.39, 0.29) is 12.0 Å². The minimum Gasteiger partial charge on any atom is -0.497 e. The molecule has 0 saturated carbocycles. The van der Waals surface area contributed by atoms with Crippen molar-refractivity contribution in [3.8, 4) is 17.7 Å². The molecule has 1 aromatic carbocycles. The van der Waals surface area contributed by atoms with E-state index in [1.54, 1.807) is 30.3 Å². The predicted octanol–water partition coefficient (Wildman–Crippen LogP) is 2.18. The number of likely N-dealkylation sites (tertiary alicyclic amines) is 1. The molecule has 2 aromatic rings. The van der Waals surface area contributed by atoms with Crippen LogP contribution in [-0.4, -0.2) is 42.1 Å². The van der Waals surface area contributed by atoms with Gasteiger partial charge < -0.3 is 14.4 Å². The van der Waals surface area contributed by atoms with E-state index in [2.05, 4.69) is 11.1 Å². The van der Waals surface area contributed by atoms with Gasteiger partial charge in [-0.3, -0.25) is 4.79 Å². The van der Waals surface area contributed by atoms with Crippen molar-refractivity contribution in [2.75, 3.05) is 20.2 Å². The van der Waals surface area contributed by atoms with Crippen LogP contribution < -0.4 is 9.47 Å². The third kappa shape index (κ3) is 4.07. The van der Waals surface area contributed by atoms with Crippen molar-refractivity contribution in [1.82, 2.24) is 9.88 Å². The Morgan fingerprint density at radius 2 is 2.08 bits per heavy atom. The van der Waals surface area contributed by atoms with Crippen molar-refractivity contribution >= 4 is 5.91 Å².